The highest BCUT2D eigenvalue weighted by atomic mass is 35.5. The molecular formula is C27H25ClN2O6. The van der Waals surface area contributed by atoms with E-state index in [4.69, 9.17) is 30.5 Å². The molecule has 186 valence electrons. The van der Waals surface area contributed by atoms with Crippen molar-refractivity contribution in [2.45, 2.75) is 12.5 Å². The van der Waals surface area contributed by atoms with Crippen LogP contribution in [0.15, 0.2) is 65.8 Å². The van der Waals surface area contributed by atoms with Crippen LogP contribution < -0.4 is 18.9 Å². The van der Waals surface area contributed by atoms with Crippen LogP contribution in [0.5, 0.6) is 23.0 Å². The topological polar surface area (TPSA) is 86.7 Å². The number of aldehydes is 1. The molecule has 0 N–H and O–H groups in total. The summed E-state index contributed by atoms with van der Waals surface area (Å²) in [5.41, 5.74) is 2.89. The fourth-order valence-corrected chi connectivity index (χ4v) is 4.09. The highest BCUT2D eigenvalue weighted by molar-refractivity contribution is 6.30. The largest absolute Gasteiger partial charge is 0.493 e. The Kier molecular flexibility index (Phi) is 7.75. The molecule has 1 atom stereocenters. The second kappa shape index (κ2) is 11.1. The van der Waals surface area contributed by atoms with E-state index in [1.54, 1.807) is 50.6 Å². The summed E-state index contributed by atoms with van der Waals surface area (Å²) in [6, 6.07) is 17.2. The zero-order valence-electron chi connectivity index (χ0n) is 20.1. The Morgan fingerprint density at radius 3 is 2.28 bits per heavy atom. The molecule has 36 heavy (non-hydrogen) atoms. The molecule has 9 heteroatoms. The van der Waals surface area contributed by atoms with Gasteiger partial charge >= 0.3 is 0 Å². The first kappa shape index (κ1) is 25.1. The number of carbonyl (C=O) groups is 2. The lowest BCUT2D eigenvalue weighted by atomic mass is 9.98. The van der Waals surface area contributed by atoms with Crippen LogP contribution in [0.1, 0.15) is 33.9 Å². The van der Waals surface area contributed by atoms with Crippen molar-refractivity contribution in [2.24, 2.45) is 5.10 Å². The third kappa shape index (κ3) is 5.28. The number of hydrogen-bond acceptors (Lipinski definition) is 7. The van der Waals surface area contributed by atoms with Gasteiger partial charge in [0.05, 0.1) is 33.1 Å². The number of amides is 1. The van der Waals surface area contributed by atoms with E-state index in [2.05, 4.69) is 5.10 Å². The van der Waals surface area contributed by atoms with Gasteiger partial charge in [0.2, 0.25) is 0 Å². The summed E-state index contributed by atoms with van der Waals surface area (Å²) in [5, 5.41) is 6.70. The molecule has 1 amide bonds. The molecule has 0 aromatic heterocycles. The molecule has 1 aliphatic rings. The van der Waals surface area contributed by atoms with Crippen LogP contribution in [0.3, 0.4) is 0 Å². The lowest BCUT2D eigenvalue weighted by Gasteiger charge is -2.23. The minimum absolute atomic E-state index is 0.280. The number of carbonyl (C=O) groups excluding carboxylic acids is 2. The molecule has 0 bridgehead atoms. The van der Waals surface area contributed by atoms with E-state index in [1.807, 2.05) is 24.3 Å². The number of methoxy groups -OCH3 is 3. The van der Waals surface area contributed by atoms with Crippen LogP contribution in [0.25, 0.3) is 0 Å². The number of hydrogen-bond donors (Lipinski definition) is 0. The predicted molar refractivity (Wildman–Crippen MR) is 136 cm³/mol. The van der Waals surface area contributed by atoms with Crippen molar-refractivity contribution in [3.8, 4) is 23.0 Å². The molecular weight excluding hydrogens is 484 g/mol. The second-order valence-electron chi connectivity index (χ2n) is 7.94. The van der Waals surface area contributed by atoms with Crippen molar-refractivity contribution in [3.63, 3.8) is 0 Å². The van der Waals surface area contributed by atoms with E-state index < -0.39 is 0 Å². The zero-order valence-corrected chi connectivity index (χ0v) is 20.8. The molecule has 0 saturated carbocycles. The summed E-state index contributed by atoms with van der Waals surface area (Å²) in [6.07, 6.45) is 1.20. The van der Waals surface area contributed by atoms with Crippen LogP contribution in [0.4, 0.5) is 0 Å². The second-order valence-corrected chi connectivity index (χ2v) is 8.38. The Morgan fingerprint density at radius 1 is 0.944 bits per heavy atom. The first-order valence-corrected chi connectivity index (χ1v) is 11.5. The highest BCUT2D eigenvalue weighted by Gasteiger charge is 2.34. The third-order valence-electron chi connectivity index (χ3n) is 5.81. The van der Waals surface area contributed by atoms with Crippen molar-refractivity contribution < 1.29 is 28.5 Å². The van der Waals surface area contributed by atoms with Crippen molar-refractivity contribution in [3.05, 3.63) is 82.4 Å². The van der Waals surface area contributed by atoms with Gasteiger partial charge < -0.3 is 18.9 Å². The molecule has 3 aromatic rings. The first-order chi connectivity index (χ1) is 17.5. The monoisotopic (exact) mass is 508 g/mol. The minimum atomic E-state index is -0.383. The summed E-state index contributed by atoms with van der Waals surface area (Å²) < 4.78 is 21.9. The maximum absolute atomic E-state index is 13.4. The van der Waals surface area contributed by atoms with Crippen molar-refractivity contribution in [2.75, 3.05) is 27.9 Å². The van der Waals surface area contributed by atoms with Gasteiger partial charge in [-0.3, -0.25) is 9.59 Å². The molecule has 4 rings (SSSR count). The van der Waals surface area contributed by atoms with Gasteiger partial charge in [-0.05, 0) is 53.6 Å². The van der Waals surface area contributed by atoms with Gasteiger partial charge in [0.25, 0.3) is 5.91 Å². The fourth-order valence-electron chi connectivity index (χ4n) is 3.96. The van der Waals surface area contributed by atoms with Crippen LogP contribution in [0.2, 0.25) is 5.02 Å². The minimum Gasteiger partial charge on any atom is -0.493 e. The zero-order chi connectivity index (χ0) is 25.7. The molecule has 1 heterocycles. The van der Waals surface area contributed by atoms with Crippen LogP contribution in [-0.2, 0) is 4.79 Å². The van der Waals surface area contributed by atoms with Crippen molar-refractivity contribution in [1.29, 1.82) is 0 Å². The molecule has 0 spiro atoms. The number of hydrazone groups is 1. The van der Waals surface area contributed by atoms with E-state index in [0.29, 0.717) is 46.3 Å². The molecule has 3 aromatic carbocycles. The average Bonchev–Trinajstić information content (AvgIpc) is 3.37. The van der Waals surface area contributed by atoms with Crippen molar-refractivity contribution in [1.82, 2.24) is 5.01 Å². The lowest BCUT2D eigenvalue weighted by molar-refractivity contribution is -0.135. The number of ether oxygens (including phenoxy) is 4. The van der Waals surface area contributed by atoms with Crippen LogP contribution in [-0.4, -0.2) is 50.9 Å². The van der Waals surface area contributed by atoms with E-state index in [1.165, 1.54) is 12.1 Å². The average molecular weight is 509 g/mol. The summed E-state index contributed by atoms with van der Waals surface area (Å²) in [6.45, 7) is -0.280. The Bertz CT molecular complexity index is 1290. The lowest BCUT2D eigenvalue weighted by Crippen LogP contribution is -2.31. The Labute approximate surface area is 214 Å². The van der Waals surface area contributed by atoms with E-state index in [-0.39, 0.29) is 18.6 Å². The quantitative estimate of drug-likeness (QED) is 0.381. The van der Waals surface area contributed by atoms with Gasteiger partial charge in [-0.2, -0.15) is 5.10 Å². The van der Waals surface area contributed by atoms with E-state index >= 15 is 0 Å². The smallest absolute Gasteiger partial charge is 0.281 e. The number of nitrogens with zero attached hydrogens (tertiary/aromatic N) is 2. The number of benzene rings is 3. The molecule has 1 aliphatic heterocycles. The molecule has 0 radical (unpaired) electrons. The van der Waals surface area contributed by atoms with Gasteiger partial charge in [-0.15, -0.1) is 0 Å². The van der Waals surface area contributed by atoms with E-state index in [9.17, 15) is 9.59 Å². The fraction of sp³-hybridized carbons (Fsp3) is 0.222. The van der Waals surface area contributed by atoms with Gasteiger partial charge in [-0.25, -0.2) is 5.01 Å². The van der Waals surface area contributed by atoms with Gasteiger partial charge in [0, 0.05) is 17.0 Å². The molecule has 8 nitrogen and oxygen atoms in total. The number of halogens is 1. The van der Waals surface area contributed by atoms with Gasteiger partial charge in [0.15, 0.2) is 29.6 Å². The van der Waals surface area contributed by atoms with Crippen molar-refractivity contribution >= 4 is 29.5 Å². The van der Waals surface area contributed by atoms with Gasteiger partial charge in [-0.1, -0.05) is 29.8 Å². The SMILES string of the molecule is COc1ccc(C2CC(c3ccc(Cl)cc3)=NN2C(=O)COc2ccc(C=O)cc2OC)cc1OC. The summed E-state index contributed by atoms with van der Waals surface area (Å²) in [7, 11) is 4.60. The Morgan fingerprint density at radius 2 is 1.61 bits per heavy atom. The van der Waals surface area contributed by atoms with Gasteiger partial charge in [0.1, 0.15) is 6.29 Å². The molecule has 1 unspecified atom stereocenters. The first-order valence-electron chi connectivity index (χ1n) is 11.1. The number of rotatable bonds is 9. The molecule has 0 fully saturated rings. The summed E-state index contributed by atoms with van der Waals surface area (Å²) in [5.74, 6) is 1.50. The third-order valence-corrected chi connectivity index (χ3v) is 6.06. The normalized spacial score (nSPS) is 14.7. The maximum Gasteiger partial charge on any atom is 0.281 e. The van der Waals surface area contributed by atoms with E-state index in [0.717, 1.165) is 16.8 Å². The molecule has 0 saturated heterocycles. The van der Waals surface area contributed by atoms with Crippen LogP contribution >= 0.6 is 11.6 Å². The maximum atomic E-state index is 13.4. The predicted octanol–water partition coefficient (Wildman–Crippen LogP) is 4.94. The molecule has 0 aliphatic carbocycles. The summed E-state index contributed by atoms with van der Waals surface area (Å²) >= 11 is 6.05. The summed E-state index contributed by atoms with van der Waals surface area (Å²) in [4.78, 5) is 24.4. The Hall–Kier alpha value is -4.04. The standard InChI is InChI=1S/C27H25ClN2O6/c1-33-23-11-7-19(13-26(23)35-3)22-14-21(18-5-8-20(28)9-6-18)29-30(22)27(32)16-36-24-10-4-17(15-31)12-25(24)34-2/h4-13,15,22H,14,16H2,1-3H3. The van der Waals surface area contributed by atoms with Crippen LogP contribution in [0, 0.1) is 0 Å². The highest BCUT2D eigenvalue weighted by Crippen LogP contribution is 2.37. The Balaban J connectivity index is 1.62.